The predicted octanol–water partition coefficient (Wildman–Crippen LogP) is 5.29. The van der Waals surface area contributed by atoms with E-state index in [2.05, 4.69) is 24.1 Å². The zero-order valence-corrected chi connectivity index (χ0v) is 21.4. The fourth-order valence-electron chi connectivity index (χ4n) is 8.78. The summed E-state index contributed by atoms with van der Waals surface area (Å²) in [6, 6.07) is 7.88. The first-order chi connectivity index (χ1) is 16.3. The number of nitrogens with one attached hydrogen (secondary N) is 1. The Bertz CT molecular complexity index is 930. The van der Waals surface area contributed by atoms with Crippen molar-refractivity contribution in [3.63, 3.8) is 0 Å². The fourth-order valence-corrected chi connectivity index (χ4v) is 8.78. The van der Waals surface area contributed by atoms with Gasteiger partial charge in [-0.05, 0) is 111 Å². The first kappa shape index (κ1) is 23.7. The Morgan fingerprint density at radius 2 is 1.76 bits per heavy atom. The Kier molecular flexibility index (Phi) is 6.18. The minimum atomic E-state index is 0.0201. The molecule has 1 aromatic rings. The second-order valence-corrected chi connectivity index (χ2v) is 12.0. The van der Waals surface area contributed by atoms with E-state index < -0.39 is 0 Å². The van der Waals surface area contributed by atoms with E-state index in [0.29, 0.717) is 35.5 Å². The number of nitrogens with zero attached hydrogens (tertiary/aromatic N) is 1. The summed E-state index contributed by atoms with van der Waals surface area (Å²) in [6.07, 6.45) is 9.23. The van der Waals surface area contributed by atoms with Crippen LogP contribution in [0, 0.1) is 34.5 Å². The standard InChI is InChI=1S/C29H42N2O3/c1-5-34-21-9-6-19(7-10-21)27(33)30-18-20-8-12-23-22-11-13-25-29(3,17-15-26(32)31(25)4)24(22)14-16-28(20,23)2/h6-7,9-10,20,22-25H,5,8,11-18H2,1-4H3,(H,30,33)/t20-,22+,23+,24+,25-,28-,29-/m1/s1. The molecule has 186 valence electrons. The maximum Gasteiger partial charge on any atom is 0.251 e. The van der Waals surface area contributed by atoms with Gasteiger partial charge in [-0.15, -0.1) is 0 Å². The van der Waals surface area contributed by atoms with E-state index in [1.807, 2.05) is 38.2 Å². The van der Waals surface area contributed by atoms with Crippen LogP contribution in [0.1, 0.15) is 82.5 Å². The summed E-state index contributed by atoms with van der Waals surface area (Å²) in [6.45, 7) is 8.37. The van der Waals surface area contributed by atoms with Crippen LogP contribution in [0.15, 0.2) is 24.3 Å². The number of amides is 2. The summed E-state index contributed by atoms with van der Waals surface area (Å²) in [4.78, 5) is 27.3. The van der Waals surface area contributed by atoms with Crippen LogP contribution in [0.2, 0.25) is 0 Å². The van der Waals surface area contributed by atoms with Crippen molar-refractivity contribution >= 4 is 11.8 Å². The lowest BCUT2D eigenvalue weighted by molar-refractivity contribution is -0.158. The van der Waals surface area contributed by atoms with Crippen LogP contribution in [0.3, 0.4) is 0 Å². The maximum atomic E-state index is 12.8. The predicted molar refractivity (Wildman–Crippen MR) is 134 cm³/mol. The van der Waals surface area contributed by atoms with E-state index in [4.69, 9.17) is 4.74 Å². The second kappa shape index (κ2) is 8.87. The summed E-state index contributed by atoms with van der Waals surface area (Å²) in [7, 11) is 2.04. The largest absolute Gasteiger partial charge is 0.494 e. The fraction of sp³-hybridized carbons (Fsp3) is 0.724. The van der Waals surface area contributed by atoms with Crippen molar-refractivity contribution in [3.05, 3.63) is 29.8 Å². The van der Waals surface area contributed by atoms with Crippen molar-refractivity contribution in [3.8, 4) is 5.75 Å². The molecule has 1 N–H and O–H groups in total. The van der Waals surface area contributed by atoms with Crippen LogP contribution >= 0.6 is 0 Å². The normalized spacial score (nSPS) is 39.1. The van der Waals surface area contributed by atoms with Gasteiger partial charge in [-0.25, -0.2) is 0 Å². The SMILES string of the molecule is CCOc1ccc(C(=O)NC[C@H]2CC[C@H]3[C@@H]4CC[C@H]5N(C)C(=O)CC[C@]5(C)[C@H]4CC[C@]23C)cc1. The molecule has 5 nitrogen and oxygen atoms in total. The highest BCUT2D eigenvalue weighted by atomic mass is 16.5. The smallest absolute Gasteiger partial charge is 0.251 e. The van der Waals surface area contributed by atoms with Crippen molar-refractivity contribution in [1.29, 1.82) is 0 Å². The third-order valence-electron chi connectivity index (χ3n) is 10.7. The quantitative estimate of drug-likeness (QED) is 0.641. The van der Waals surface area contributed by atoms with Crippen molar-refractivity contribution < 1.29 is 14.3 Å². The molecule has 0 unspecified atom stereocenters. The Balaban J connectivity index is 1.25. The van der Waals surface area contributed by atoms with E-state index in [0.717, 1.165) is 49.3 Å². The molecule has 1 aromatic carbocycles. The van der Waals surface area contributed by atoms with Crippen LogP contribution < -0.4 is 10.1 Å². The van der Waals surface area contributed by atoms with Gasteiger partial charge in [-0.3, -0.25) is 9.59 Å². The van der Waals surface area contributed by atoms with Gasteiger partial charge in [0.25, 0.3) is 5.91 Å². The monoisotopic (exact) mass is 466 g/mol. The third kappa shape index (κ3) is 3.74. The third-order valence-corrected chi connectivity index (χ3v) is 10.7. The Morgan fingerprint density at radius 1 is 1.03 bits per heavy atom. The molecule has 1 aliphatic heterocycles. The van der Waals surface area contributed by atoms with Gasteiger partial charge < -0.3 is 15.0 Å². The molecular weight excluding hydrogens is 424 g/mol. The molecule has 7 atom stereocenters. The average molecular weight is 467 g/mol. The number of ether oxygens (including phenoxy) is 1. The number of hydrogen-bond acceptors (Lipinski definition) is 3. The summed E-state index contributed by atoms with van der Waals surface area (Å²) < 4.78 is 5.50. The molecule has 3 aliphatic carbocycles. The summed E-state index contributed by atoms with van der Waals surface area (Å²) in [5.74, 6) is 3.97. The highest BCUT2D eigenvalue weighted by Gasteiger charge is 2.60. The second-order valence-electron chi connectivity index (χ2n) is 12.0. The van der Waals surface area contributed by atoms with E-state index in [-0.39, 0.29) is 11.3 Å². The number of piperidine rings is 1. The van der Waals surface area contributed by atoms with Crippen LogP contribution in [0.25, 0.3) is 0 Å². The molecule has 0 spiro atoms. The molecule has 0 aromatic heterocycles. The minimum Gasteiger partial charge on any atom is -0.494 e. The highest BCUT2D eigenvalue weighted by molar-refractivity contribution is 5.94. The van der Waals surface area contributed by atoms with Crippen molar-refractivity contribution in [2.45, 2.75) is 78.2 Å². The molecule has 1 saturated heterocycles. The van der Waals surface area contributed by atoms with E-state index in [1.165, 1.54) is 32.1 Å². The molecule has 2 amide bonds. The zero-order chi connectivity index (χ0) is 24.1. The molecule has 0 bridgehead atoms. The summed E-state index contributed by atoms with van der Waals surface area (Å²) in [5.41, 5.74) is 1.29. The van der Waals surface area contributed by atoms with E-state index >= 15 is 0 Å². The first-order valence-electron chi connectivity index (χ1n) is 13.5. The van der Waals surface area contributed by atoms with Crippen molar-refractivity contribution in [1.82, 2.24) is 10.2 Å². The van der Waals surface area contributed by atoms with Gasteiger partial charge in [0, 0.05) is 31.6 Å². The van der Waals surface area contributed by atoms with Gasteiger partial charge >= 0.3 is 0 Å². The maximum absolute atomic E-state index is 12.8. The molecule has 5 heteroatoms. The van der Waals surface area contributed by atoms with Gasteiger partial charge in [0.1, 0.15) is 5.75 Å². The number of rotatable bonds is 5. The average Bonchev–Trinajstić information content (AvgIpc) is 3.17. The Labute approximate surface area is 205 Å². The minimum absolute atomic E-state index is 0.0201. The lowest BCUT2D eigenvalue weighted by atomic mass is 9.47. The number of benzene rings is 1. The number of likely N-dealkylation sites (tertiary alicyclic amines) is 1. The Hall–Kier alpha value is -2.04. The van der Waals surface area contributed by atoms with Crippen LogP contribution in [0.5, 0.6) is 5.75 Å². The van der Waals surface area contributed by atoms with Crippen LogP contribution in [0.4, 0.5) is 0 Å². The van der Waals surface area contributed by atoms with E-state index in [1.54, 1.807) is 0 Å². The molecule has 4 aliphatic rings. The topological polar surface area (TPSA) is 58.6 Å². The summed E-state index contributed by atoms with van der Waals surface area (Å²) >= 11 is 0. The number of carbonyl (C=O) groups excluding carboxylic acids is 2. The molecule has 4 fully saturated rings. The molecule has 34 heavy (non-hydrogen) atoms. The van der Waals surface area contributed by atoms with Gasteiger partial charge in [0.05, 0.1) is 6.61 Å². The summed E-state index contributed by atoms with van der Waals surface area (Å²) in [5, 5.41) is 3.26. The molecular formula is C29H42N2O3. The number of hydrogen-bond donors (Lipinski definition) is 1. The first-order valence-corrected chi connectivity index (χ1v) is 13.5. The zero-order valence-electron chi connectivity index (χ0n) is 21.4. The van der Waals surface area contributed by atoms with Crippen LogP contribution in [-0.4, -0.2) is 43.0 Å². The van der Waals surface area contributed by atoms with Gasteiger partial charge in [0.15, 0.2) is 0 Å². The van der Waals surface area contributed by atoms with Crippen molar-refractivity contribution in [2.24, 2.45) is 34.5 Å². The lowest BCUT2D eigenvalue weighted by Gasteiger charge is -2.61. The molecule has 3 saturated carbocycles. The molecule has 0 radical (unpaired) electrons. The van der Waals surface area contributed by atoms with Gasteiger partial charge in [-0.2, -0.15) is 0 Å². The Morgan fingerprint density at radius 3 is 2.50 bits per heavy atom. The van der Waals surface area contributed by atoms with Gasteiger partial charge in [-0.1, -0.05) is 13.8 Å². The highest BCUT2D eigenvalue weighted by Crippen LogP contribution is 2.66. The number of fused-ring (bicyclic) bond motifs is 5. The number of carbonyl (C=O) groups is 2. The lowest BCUT2D eigenvalue weighted by Crippen LogP contribution is -2.61. The van der Waals surface area contributed by atoms with E-state index in [9.17, 15) is 9.59 Å². The van der Waals surface area contributed by atoms with Gasteiger partial charge in [0.2, 0.25) is 5.91 Å². The molecule has 5 rings (SSSR count). The molecule has 1 heterocycles. The van der Waals surface area contributed by atoms with Crippen molar-refractivity contribution in [2.75, 3.05) is 20.2 Å². The van der Waals surface area contributed by atoms with Crippen LogP contribution in [-0.2, 0) is 4.79 Å².